The van der Waals surface area contributed by atoms with E-state index >= 15 is 0 Å². The molecule has 4 heteroatoms. The summed E-state index contributed by atoms with van der Waals surface area (Å²) >= 11 is 0. The van der Waals surface area contributed by atoms with Crippen molar-refractivity contribution in [3.63, 3.8) is 0 Å². The lowest BCUT2D eigenvalue weighted by molar-refractivity contribution is -0.143. The molecule has 0 aliphatic carbocycles. The van der Waals surface area contributed by atoms with Gasteiger partial charge < -0.3 is 4.74 Å². The molecule has 88 valence electrons. The maximum absolute atomic E-state index is 13.4. The third-order valence-corrected chi connectivity index (χ3v) is 2.08. The van der Waals surface area contributed by atoms with E-state index in [1.807, 2.05) is 0 Å². The molecule has 16 heavy (non-hydrogen) atoms. The van der Waals surface area contributed by atoms with Crippen LogP contribution in [0.2, 0.25) is 0 Å². The molecular weight excluding hydrogens is 214 g/mol. The van der Waals surface area contributed by atoms with E-state index in [1.165, 1.54) is 6.92 Å². The summed E-state index contributed by atoms with van der Waals surface area (Å²) in [4.78, 5) is 10.4. The van der Waals surface area contributed by atoms with Gasteiger partial charge in [-0.25, -0.2) is 8.78 Å². The number of carbonyl (C=O) groups excluding carboxylic acids is 1. The first kappa shape index (κ1) is 12.6. The Balaban J connectivity index is 2.42. The number of rotatable bonds is 5. The number of halogens is 2. The van der Waals surface area contributed by atoms with Crippen LogP contribution >= 0.6 is 0 Å². The molecule has 0 heterocycles. The zero-order chi connectivity index (χ0) is 12.0. The highest BCUT2D eigenvalue weighted by atomic mass is 19.3. The monoisotopic (exact) mass is 228 g/mol. The van der Waals surface area contributed by atoms with Crippen molar-refractivity contribution in [2.45, 2.75) is 25.7 Å². The van der Waals surface area contributed by atoms with Crippen molar-refractivity contribution in [1.29, 1.82) is 0 Å². The number of benzene rings is 1. The lowest BCUT2D eigenvalue weighted by Crippen LogP contribution is -2.22. The number of esters is 1. The molecule has 2 nitrogen and oxygen atoms in total. The van der Waals surface area contributed by atoms with Crippen LogP contribution in [-0.2, 0) is 16.0 Å². The molecule has 0 atom stereocenters. The first-order valence-electron chi connectivity index (χ1n) is 5.05. The average Bonchev–Trinajstić information content (AvgIpc) is 2.17. The zero-order valence-corrected chi connectivity index (χ0v) is 9.08. The second kappa shape index (κ2) is 5.58. The van der Waals surface area contributed by atoms with Gasteiger partial charge in [0.25, 0.3) is 5.92 Å². The Morgan fingerprint density at radius 2 is 1.94 bits per heavy atom. The highest BCUT2D eigenvalue weighted by Crippen LogP contribution is 2.23. The topological polar surface area (TPSA) is 26.3 Å². The Kier molecular flexibility index (Phi) is 4.40. The molecule has 0 N–H and O–H groups in total. The third kappa shape index (κ3) is 4.87. The van der Waals surface area contributed by atoms with Gasteiger partial charge in [0.05, 0.1) is 6.61 Å². The molecule has 0 radical (unpaired) electrons. The van der Waals surface area contributed by atoms with Crippen molar-refractivity contribution in [1.82, 2.24) is 0 Å². The predicted octanol–water partition coefficient (Wildman–Crippen LogP) is 2.82. The molecule has 1 aromatic carbocycles. The van der Waals surface area contributed by atoms with Crippen LogP contribution < -0.4 is 0 Å². The maximum Gasteiger partial charge on any atom is 0.302 e. The predicted molar refractivity (Wildman–Crippen MR) is 56.3 cm³/mol. The molecule has 1 rings (SSSR count). The molecular formula is C12H14F2O2. The molecule has 0 unspecified atom stereocenters. The SMILES string of the molecule is CC(=O)OCCC(F)(F)Cc1ccccc1. The van der Waals surface area contributed by atoms with Gasteiger partial charge in [-0.2, -0.15) is 0 Å². The largest absolute Gasteiger partial charge is 0.466 e. The molecule has 0 saturated heterocycles. The van der Waals surface area contributed by atoms with Crippen molar-refractivity contribution in [3.8, 4) is 0 Å². The fraction of sp³-hybridized carbons (Fsp3) is 0.417. The van der Waals surface area contributed by atoms with Gasteiger partial charge in [-0.3, -0.25) is 4.79 Å². The Hall–Kier alpha value is -1.45. The summed E-state index contributed by atoms with van der Waals surface area (Å²) < 4.78 is 31.2. The van der Waals surface area contributed by atoms with E-state index in [2.05, 4.69) is 4.74 Å². The van der Waals surface area contributed by atoms with Gasteiger partial charge in [-0.15, -0.1) is 0 Å². The average molecular weight is 228 g/mol. The van der Waals surface area contributed by atoms with Crippen molar-refractivity contribution in [2.75, 3.05) is 6.61 Å². The van der Waals surface area contributed by atoms with E-state index in [4.69, 9.17) is 0 Å². The smallest absolute Gasteiger partial charge is 0.302 e. The molecule has 1 aromatic rings. The quantitative estimate of drug-likeness (QED) is 0.724. The second-order valence-corrected chi connectivity index (χ2v) is 3.61. The molecule has 0 saturated carbocycles. The summed E-state index contributed by atoms with van der Waals surface area (Å²) in [6.45, 7) is 0.963. The summed E-state index contributed by atoms with van der Waals surface area (Å²) in [6, 6.07) is 8.52. The fourth-order valence-electron chi connectivity index (χ4n) is 1.33. The number of hydrogen-bond acceptors (Lipinski definition) is 2. The fourth-order valence-corrected chi connectivity index (χ4v) is 1.33. The number of alkyl halides is 2. The van der Waals surface area contributed by atoms with Gasteiger partial charge in [0, 0.05) is 19.8 Å². The lowest BCUT2D eigenvalue weighted by atomic mass is 10.1. The van der Waals surface area contributed by atoms with E-state index in [0.29, 0.717) is 5.56 Å². The molecule has 0 aromatic heterocycles. The van der Waals surface area contributed by atoms with Gasteiger partial charge in [-0.05, 0) is 5.56 Å². The Morgan fingerprint density at radius 1 is 1.31 bits per heavy atom. The van der Waals surface area contributed by atoms with E-state index < -0.39 is 18.3 Å². The molecule has 0 aliphatic heterocycles. The number of carbonyl (C=O) groups is 1. The highest BCUT2D eigenvalue weighted by Gasteiger charge is 2.29. The molecule has 0 amide bonds. The van der Waals surface area contributed by atoms with Crippen LogP contribution in [0.1, 0.15) is 18.9 Å². The Morgan fingerprint density at radius 3 is 2.50 bits per heavy atom. The van der Waals surface area contributed by atoms with Crippen LogP contribution in [0.4, 0.5) is 8.78 Å². The van der Waals surface area contributed by atoms with Gasteiger partial charge in [0.1, 0.15) is 0 Å². The molecule has 0 fully saturated rings. The van der Waals surface area contributed by atoms with E-state index in [0.717, 1.165) is 0 Å². The van der Waals surface area contributed by atoms with Crippen LogP contribution in [0.25, 0.3) is 0 Å². The van der Waals surface area contributed by atoms with Crippen LogP contribution in [-0.4, -0.2) is 18.5 Å². The van der Waals surface area contributed by atoms with E-state index in [9.17, 15) is 13.6 Å². The standard InChI is InChI=1S/C12H14F2O2/c1-10(15)16-8-7-12(13,14)9-11-5-3-2-4-6-11/h2-6H,7-9H2,1H3. The summed E-state index contributed by atoms with van der Waals surface area (Å²) in [5, 5.41) is 0. The lowest BCUT2D eigenvalue weighted by Gasteiger charge is -2.15. The van der Waals surface area contributed by atoms with E-state index in [1.54, 1.807) is 30.3 Å². The zero-order valence-electron chi connectivity index (χ0n) is 9.08. The van der Waals surface area contributed by atoms with Crippen LogP contribution in [0.15, 0.2) is 30.3 Å². The summed E-state index contributed by atoms with van der Waals surface area (Å²) in [5.41, 5.74) is 0.579. The summed E-state index contributed by atoms with van der Waals surface area (Å²) in [7, 11) is 0. The van der Waals surface area contributed by atoms with Crippen molar-refractivity contribution < 1.29 is 18.3 Å². The molecule has 0 bridgehead atoms. The van der Waals surface area contributed by atoms with Gasteiger partial charge >= 0.3 is 5.97 Å². The first-order valence-corrected chi connectivity index (χ1v) is 5.05. The summed E-state index contributed by atoms with van der Waals surface area (Å²) in [6.07, 6.45) is -0.767. The van der Waals surface area contributed by atoms with E-state index in [-0.39, 0.29) is 13.0 Å². The number of hydrogen-bond donors (Lipinski definition) is 0. The Labute approximate surface area is 93.2 Å². The maximum atomic E-state index is 13.4. The van der Waals surface area contributed by atoms with Crippen LogP contribution in [0, 0.1) is 0 Å². The highest BCUT2D eigenvalue weighted by molar-refractivity contribution is 5.65. The Bertz CT molecular complexity index is 336. The van der Waals surface area contributed by atoms with Crippen LogP contribution in [0.5, 0.6) is 0 Å². The number of ether oxygens (including phenoxy) is 1. The normalized spacial score (nSPS) is 11.2. The third-order valence-electron chi connectivity index (χ3n) is 2.08. The van der Waals surface area contributed by atoms with Crippen LogP contribution in [0.3, 0.4) is 0 Å². The molecule has 0 aliphatic rings. The van der Waals surface area contributed by atoms with Crippen molar-refractivity contribution in [3.05, 3.63) is 35.9 Å². The second-order valence-electron chi connectivity index (χ2n) is 3.61. The minimum absolute atomic E-state index is 0.241. The molecule has 0 spiro atoms. The first-order chi connectivity index (χ1) is 7.49. The minimum atomic E-state index is -2.84. The van der Waals surface area contributed by atoms with Gasteiger partial charge in [0.2, 0.25) is 0 Å². The van der Waals surface area contributed by atoms with Crippen molar-refractivity contribution in [2.24, 2.45) is 0 Å². The van der Waals surface area contributed by atoms with Gasteiger partial charge in [0.15, 0.2) is 0 Å². The summed E-state index contributed by atoms with van der Waals surface area (Å²) in [5.74, 6) is -3.37. The minimum Gasteiger partial charge on any atom is -0.466 e. The van der Waals surface area contributed by atoms with Crippen molar-refractivity contribution >= 4 is 5.97 Å². The van der Waals surface area contributed by atoms with Gasteiger partial charge in [-0.1, -0.05) is 30.3 Å².